The van der Waals surface area contributed by atoms with Crippen molar-refractivity contribution >= 4 is 5.78 Å². The van der Waals surface area contributed by atoms with Gasteiger partial charge in [-0.2, -0.15) is 4.98 Å². The molecule has 2 aromatic rings. The van der Waals surface area contributed by atoms with E-state index in [1.165, 1.54) is 6.92 Å². The quantitative estimate of drug-likeness (QED) is 0.577. The maximum Gasteiger partial charge on any atom is 0.348 e. The van der Waals surface area contributed by atoms with Crippen molar-refractivity contribution in [3.63, 3.8) is 0 Å². The second-order valence-electron chi connectivity index (χ2n) is 6.07. The zero-order valence-corrected chi connectivity index (χ0v) is 14.1. The SMILES string of the molecule is CC(=O)c1cccc(-c2cnc3[nH]c(=O)nc-3n2Cc2ccccc2)c1. The molecule has 26 heavy (non-hydrogen) atoms. The second kappa shape index (κ2) is 6.40. The van der Waals surface area contributed by atoms with Crippen LogP contribution in [-0.4, -0.2) is 25.3 Å². The number of carbonyl (C=O) groups is 1. The minimum absolute atomic E-state index is 0.00268. The summed E-state index contributed by atoms with van der Waals surface area (Å²) < 4.78 is 1.94. The molecule has 2 aliphatic heterocycles. The zero-order valence-electron chi connectivity index (χ0n) is 14.1. The van der Waals surface area contributed by atoms with E-state index in [4.69, 9.17) is 0 Å². The van der Waals surface area contributed by atoms with Gasteiger partial charge in [-0.1, -0.05) is 48.5 Å². The third-order valence-electron chi connectivity index (χ3n) is 4.26. The van der Waals surface area contributed by atoms with Gasteiger partial charge < -0.3 is 4.57 Å². The van der Waals surface area contributed by atoms with E-state index < -0.39 is 5.69 Å². The minimum atomic E-state index is -0.427. The maximum atomic E-state index is 11.7. The highest BCUT2D eigenvalue weighted by molar-refractivity contribution is 5.95. The Labute approximate surface area is 149 Å². The number of imidazole rings is 1. The lowest BCUT2D eigenvalue weighted by Gasteiger charge is -2.17. The number of Topliss-reactive ketones (excluding diaryl/α,β-unsaturated/α-hetero) is 1. The van der Waals surface area contributed by atoms with Gasteiger partial charge in [-0.25, -0.2) is 9.78 Å². The molecular formula is C20H16N4O2. The van der Waals surface area contributed by atoms with Crippen molar-refractivity contribution in [1.82, 2.24) is 19.5 Å². The van der Waals surface area contributed by atoms with Crippen LogP contribution in [0.2, 0.25) is 0 Å². The Morgan fingerprint density at radius 1 is 1.12 bits per heavy atom. The highest BCUT2D eigenvalue weighted by Gasteiger charge is 2.18. The number of aromatic nitrogens is 4. The van der Waals surface area contributed by atoms with Crippen LogP contribution in [0.5, 0.6) is 0 Å². The van der Waals surface area contributed by atoms with Crippen LogP contribution in [0.3, 0.4) is 0 Å². The normalized spacial score (nSPS) is 11.0. The Morgan fingerprint density at radius 2 is 1.92 bits per heavy atom. The fraction of sp³-hybridized carbons (Fsp3) is 0.100. The molecule has 6 heteroatoms. The molecule has 0 radical (unpaired) electrons. The Bertz CT molecular complexity index is 1110. The molecule has 0 saturated carbocycles. The van der Waals surface area contributed by atoms with Crippen molar-refractivity contribution in [3.8, 4) is 22.9 Å². The van der Waals surface area contributed by atoms with Crippen molar-refractivity contribution in [3.05, 3.63) is 82.4 Å². The maximum absolute atomic E-state index is 11.7. The van der Waals surface area contributed by atoms with Gasteiger partial charge in [0.25, 0.3) is 0 Å². The summed E-state index contributed by atoms with van der Waals surface area (Å²) in [4.78, 5) is 34.5. The number of aromatic amines is 1. The van der Waals surface area contributed by atoms with Crippen molar-refractivity contribution < 1.29 is 4.79 Å². The molecule has 2 aromatic carbocycles. The fourth-order valence-electron chi connectivity index (χ4n) is 2.98. The molecule has 0 spiro atoms. The third kappa shape index (κ3) is 2.93. The first-order chi connectivity index (χ1) is 12.6. The first-order valence-corrected chi connectivity index (χ1v) is 8.22. The summed E-state index contributed by atoms with van der Waals surface area (Å²) in [5, 5.41) is 0. The van der Waals surface area contributed by atoms with E-state index in [9.17, 15) is 9.59 Å². The number of nitrogens with zero attached hydrogens (tertiary/aromatic N) is 3. The van der Waals surface area contributed by atoms with E-state index in [2.05, 4.69) is 15.0 Å². The number of H-pyrrole nitrogens is 1. The molecule has 1 N–H and O–H groups in total. The smallest absolute Gasteiger partial charge is 0.317 e. The number of carbonyl (C=O) groups excluding carboxylic acids is 1. The number of ketones is 1. The van der Waals surface area contributed by atoms with Crippen LogP contribution in [0.1, 0.15) is 22.8 Å². The zero-order chi connectivity index (χ0) is 18.1. The number of nitrogens with one attached hydrogen (secondary N) is 1. The molecule has 0 atom stereocenters. The highest BCUT2D eigenvalue weighted by Crippen LogP contribution is 2.26. The van der Waals surface area contributed by atoms with Crippen LogP contribution in [0.25, 0.3) is 22.9 Å². The topological polar surface area (TPSA) is 80.6 Å². The Morgan fingerprint density at radius 3 is 2.69 bits per heavy atom. The van der Waals surface area contributed by atoms with Crippen LogP contribution in [0, 0.1) is 0 Å². The lowest BCUT2D eigenvalue weighted by atomic mass is 10.1. The molecule has 2 heterocycles. The van der Waals surface area contributed by atoms with Gasteiger partial charge in [-0.15, -0.1) is 0 Å². The van der Waals surface area contributed by atoms with E-state index in [0.29, 0.717) is 23.8 Å². The number of hydrogen-bond acceptors (Lipinski definition) is 4. The minimum Gasteiger partial charge on any atom is -0.317 e. The number of benzene rings is 2. The number of rotatable bonds is 4. The summed E-state index contributed by atoms with van der Waals surface area (Å²) in [7, 11) is 0. The van der Waals surface area contributed by atoms with E-state index in [0.717, 1.165) is 16.8 Å². The Hall–Kier alpha value is -3.54. The highest BCUT2D eigenvalue weighted by atomic mass is 16.1. The van der Waals surface area contributed by atoms with E-state index in [1.54, 1.807) is 12.3 Å². The van der Waals surface area contributed by atoms with Crippen LogP contribution >= 0.6 is 0 Å². The molecule has 0 aliphatic carbocycles. The van der Waals surface area contributed by atoms with Gasteiger partial charge in [0.05, 0.1) is 11.9 Å². The molecule has 0 fully saturated rings. The molecule has 0 amide bonds. The molecule has 6 nitrogen and oxygen atoms in total. The first-order valence-electron chi connectivity index (χ1n) is 8.22. The van der Waals surface area contributed by atoms with E-state index in [-0.39, 0.29) is 5.78 Å². The molecule has 0 aromatic heterocycles. The molecular weight excluding hydrogens is 328 g/mol. The van der Waals surface area contributed by atoms with E-state index >= 15 is 0 Å². The first kappa shape index (κ1) is 16.0. The summed E-state index contributed by atoms with van der Waals surface area (Å²) >= 11 is 0. The van der Waals surface area contributed by atoms with Gasteiger partial charge in [-0.05, 0) is 18.6 Å². The van der Waals surface area contributed by atoms with Crippen molar-refractivity contribution in [1.29, 1.82) is 0 Å². The van der Waals surface area contributed by atoms with Crippen molar-refractivity contribution in [2.45, 2.75) is 13.5 Å². The number of fused-ring (bicyclic) bond motifs is 1. The molecule has 2 aliphatic rings. The molecule has 0 bridgehead atoms. The predicted octanol–water partition coefficient (Wildman–Crippen LogP) is 2.99. The largest absolute Gasteiger partial charge is 0.348 e. The van der Waals surface area contributed by atoms with Crippen molar-refractivity contribution in [2.24, 2.45) is 0 Å². The predicted molar refractivity (Wildman–Crippen MR) is 98.2 cm³/mol. The lowest BCUT2D eigenvalue weighted by Crippen LogP contribution is -2.11. The Kier molecular flexibility index (Phi) is 3.93. The summed E-state index contributed by atoms with van der Waals surface area (Å²) in [5.41, 5.74) is 2.91. The average molecular weight is 344 g/mol. The van der Waals surface area contributed by atoms with Crippen LogP contribution in [0.4, 0.5) is 0 Å². The fourth-order valence-corrected chi connectivity index (χ4v) is 2.98. The van der Waals surface area contributed by atoms with Gasteiger partial charge in [0, 0.05) is 17.7 Å². The van der Waals surface area contributed by atoms with Crippen LogP contribution in [0.15, 0.2) is 65.6 Å². The average Bonchev–Trinajstić information content (AvgIpc) is 3.04. The summed E-state index contributed by atoms with van der Waals surface area (Å²) in [6.45, 7) is 2.07. The van der Waals surface area contributed by atoms with Gasteiger partial charge in [0.2, 0.25) is 0 Å². The van der Waals surface area contributed by atoms with Crippen molar-refractivity contribution in [2.75, 3.05) is 0 Å². The monoisotopic (exact) mass is 344 g/mol. The third-order valence-corrected chi connectivity index (χ3v) is 4.26. The summed E-state index contributed by atoms with van der Waals surface area (Å²) in [6, 6.07) is 17.3. The molecule has 0 saturated heterocycles. The van der Waals surface area contributed by atoms with Gasteiger partial charge >= 0.3 is 5.69 Å². The summed E-state index contributed by atoms with van der Waals surface area (Å²) in [5.74, 6) is 0.930. The molecule has 4 rings (SSSR count). The molecule has 128 valence electrons. The summed E-state index contributed by atoms with van der Waals surface area (Å²) in [6.07, 6.45) is 1.70. The van der Waals surface area contributed by atoms with Gasteiger partial charge in [0.1, 0.15) is 0 Å². The van der Waals surface area contributed by atoms with Gasteiger partial charge in [-0.3, -0.25) is 9.78 Å². The second-order valence-corrected chi connectivity index (χ2v) is 6.07. The molecule has 0 unspecified atom stereocenters. The lowest BCUT2D eigenvalue weighted by molar-refractivity contribution is 0.101. The Balaban J connectivity index is 1.93. The number of hydrogen-bond donors (Lipinski definition) is 1. The van der Waals surface area contributed by atoms with Gasteiger partial charge in [0.15, 0.2) is 17.4 Å². The van der Waals surface area contributed by atoms with Crippen LogP contribution < -0.4 is 5.69 Å². The van der Waals surface area contributed by atoms with E-state index in [1.807, 2.05) is 53.1 Å². The standard InChI is InChI=1S/C20H16N4O2/c1-13(25)15-8-5-9-16(10-15)17-11-21-18-19(23-20(26)22-18)24(17)12-14-6-3-2-4-7-14/h2-11H,12H2,1H3,(H,21,22,26). The van der Waals surface area contributed by atoms with Crippen LogP contribution in [-0.2, 0) is 6.54 Å².